The van der Waals surface area contributed by atoms with Crippen LogP contribution in [0, 0.1) is 10.1 Å². The van der Waals surface area contributed by atoms with Gasteiger partial charge in [-0.1, -0.05) is 41.2 Å². The summed E-state index contributed by atoms with van der Waals surface area (Å²) in [5, 5.41) is 10.8. The maximum Gasteiger partial charge on any atom is 0.271 e. The standard InChI is InChI=1S/C17H15Cl3N2O5S/c18-13-8-11(22(23)24)4-5-16(13)27-17-14(19)9-12(10-15(17)20)28(25,26)21-6-2-1-3-7-21/h4-5,8-10H,1-3,6-7H2. The highest BCUT2D eigenvalue weighted by molar-refractivity contribution is 7.89. The number of nitrogens with zero attached hydrogens (tertiary/aromatic N) is 2. The van der Waals surface area contributed by atoms with Crippen LogP contribution in [-0.4, -0.2) is 30.7 Å². The van der Waals surface area contributed by atoms with Crippen LogP contribution in [0.15, 0.2) is 35.2 Å². The fraction of sp³-hybridized carbons (Fsp3) is 0.294. The topological polar surface area (TPSA) is 89.7 Å². The van der Waals surface area contributed by atoms with Crippen LogP contribution in [0.2, 0.25) is 15.1 Å². The summed E-state index contributed by atoms with van der Waals surface area (Å²) in [4.78, 5) is 10.2. The third-order valence-corrected chi connectivity index (χ3v) is 7.00. The van der Waals surface area contributed by atoms with E-state index in [1.54, 1.807) is 0 Å². The van der Waals surface area contributed by atoms with Crippen LogP contribution < -0.4 is 4.74 Å². The Hall–Kier alpha value is -1.58. The van der Waals surface area contributed by atoms with Crippen molar-refractivity contribution in [3.63, 3.8) is 0 Å². The lowest BCUT2D eigenvalue weighted by atomic mass is 10.2. The van der Waals surface area contributed by atoms with Gasteiger partial charge in [-0.3, -0.25) is 10.1 Å². The van der Waals surface area contributed by atoms with Crippen LogP contribution in [0.3, 0.4) is 0 Å². The monoisotopic (exact) mass is 464 g/mol. The molecule has 1 heterocycles. The van der Waals surface area contributed by atoms with Crippen LogP contribution in [0.1, 0.15) is 19.3 Å². The van der Waals surface area contributed by atoms with Crippen molar-refractivity contribution in [1.29, 1.82) is 0 Å². The minimum atomic E-state index is -3.71. The highest BCUT2D eigenvalue weighted by atomic mass is 35.5. The molecule has 0 amide bonds. The second kappa shape index (κ2) is 8.42. The van der Waals surface area contributed by atoms with E-state index in [-0.39, 0.29) is 37.1 Å². The first-order valence-electron chi connectivity index (χ1n) is 8.31. The second-order valence-corrected chi connectivity index (χ2v) is 9.31. The number of ether oxygens (including phenoxy) is 1. The molecule has 0 aromatic heterocycles. The molecule has 0 bridgehead atoms. The van der Waals surface area contributed by atoms with Gasteiger partial charge in [0.05, 0.1) is 24.9 Å². The number of sulfonamides is 1. The van der Waals surface area contributed by atoms with Crippen molar-refractivity contribution in [2.24, 2.45) is 0 Å². The molecule has 2 aromatic carbocycles. The van der Waals surface area contributed by atoms with Gasteiger partial charge in [-0.15, -0.1) is 0 Å². The van der Waals surface area contributed by atoms with Crippen molar-refractivity contribution >= 4 is 50.5 Å². The molecule has 150 valence electrons. The molecule has 0 atom stereocenters. The Morgan fingerprint density at radius 2 is 1.57 bits per heavy atom. The molecule has 1 saturated heterocycles. The summed E-state index contributed by atoms with van der Waals surface area (Å²) in [7, 11) is -3.71. The van der Waals surface area contributed by atoms with Gasteiger partial charge in [-0.25, -0.2) is 8.42 Å². The highest BCUT2D eigenvalue weighted by Gasteiger charge is 2.28. The van der Waals surface area contributed by atoms with Crippen molar-refractivity contribution in [2.75, 3.05) is 13.1 Å². The van der Waals surface area contributed by atoms with Gasteiger partial charge in [0.2, 0.25) is 10.0 Å². The van der Waals surface area contributed by atoms with Gasteiger partial charge in [0.25, 0.3) is 5.69 Å². The summed E-state index contributed by atoms with van der Waals surface area (Å²) >= 11 is 18.5. The molecule has 28 heavy (non-hydrogen) atoms. The molecule has 0 N–H and O–H groups in total. The van der Waals surface area contributed by atoms with Crippen LogP contribution in [0.4, 0.5) is 5.69 Å². The Morgan fingerprint density at radius 3 is 2.11 bits per heavy atom. The summed E-state index contributed by atoms with van der Waals surface area (Å²) in [5.74, 6) is 0.111. The predicted molar refractivity (Wildman–Crippen MR) is 107 cm³/mol. The zero-order valence-corrected chi connectivity index (χ0v) is 17.5. The number of halogens is 3. The highest BCUT2D eigenvalue weighted by Crippen LogP contribution is 2.41. The minimum absolute atomic E-state index is 0.00801. The van der Waals surface area contributed by atoms with Crippen molar-refractivity contribution in [3.8, 4) is 11.5 Å². The summed E-state index contributed by atoms with van der Waals surface area (Å²) < 4.78 is 32.6. The van der Waals surface area contributed by atoms with Crippen molar-refractivity contribution in [2.45, 2.75) is 24.2 Å². The van der Waals surface area contributed by atoms with Crippen LogP contribution in [0.25, 0.3) is 0 Å². The maximum absolute atomic E-state index is 12.8. The van der Waals surface area contributed by atoms with E-state index in [2.05, 4.69) is 0 Å². The smallest absolute Gasteiger partial charge is 0.271 e. The number of non-ortho nitro benzene ring substituents is 1. The molecule has 0 aliphatic carbocycles. The maximum atomic E-state index is 12.8. The Bertz CT molecular complexity index is 1000. The lowest BCUT2D eigenvalue weighted by molar-refractivity contribution is -0.384. The molecule has 11 heteroatoms. The van der Waals surface area contributed by atoms with E-state index in [1.165, 1.54) is 28.6 Å². The molecule has 0 radical (unpaired) electrons. The third kappa shape index (κ3) is 4.36. The second-order valence-electron chi connectivity index (χ2n) is 6.15. The number of nitro groups is 1. The number of rotatable bonds is 5. The lowest BCUT2D eigenvalue weighted by Crippen LogP contribution is -2.35. The number of nitro benzene ring substituents is 1. The largest absolute Gasteiger partial charge is 0.453 e. The summed E-state index contributed by atoms with van der Waals surface area (Å²) in [5.41, 5.74) is -0.197. The van der Waals surface area contributed by atoms with E-state index >= 15 is 0 Å². The Kier molecular flexibility index (Phi) is 6.36. The van der Waals surface area contributed by atoms with Gasteiger partial charge in [0.15, 0.2) is 5.75 Å². The molecule has 0 unspecified atom stereocenters. The average Bonchev–Trinajstić information content (AvgIpc) is 2.66. The first kappa shape index (κ1) is 21.1. The molecule has 1 fully saturated rings. The number of piperidine rings is 1. The molecule has 7 nitrogen and oxygen atoms in total. The normalized spacial score (nSPS) is 15.4. The molecule has 3 rings (SSSR count). The van der Waals surface area contributed by atoms with Gasteiger partial charge in [-0.2, -0.15) is 4.31 Å². The Labute approximate surface area is 177 Å². The van der Waals surface area contributed by atoms with E-state index in [1.807, 2.05) is 0 Å². The molecule has 1 aliphatic heterocycles. The number of hydrogen-bond donors (Lipinski definition) is 0. The lowest BCUT2D eigenvalue weighted by Gasteiger charge is -2.26. The van der Waals surface area contributed by atoms with Crippen molar-refractivity contribution in [3.05, 3.63) is 55.5 Å². The summed E-state index contributed by atoms with van der Waals surface area (Å²) in [6, 6.07) is 6.20. The zero-order valence-electron chi connectivity index (χ0n) is 14.4. The van der Waals surface area contributed by atoms with Gasteiger partial charge >= 0.3 is 0 Å². The average molecular weight is 466 g/mol. The van der Waals surface area contributed by atoms with E-state index < -0.39 is 14.9 Å². The van der Waals surface area contributed by atoms with Gasteiger partial charge < -0.3 is 4.74 Å². The summed E-state index contributed by atoms with van der Waals surface area (Å²) in [6.45, 7) is 0.905. The first-order chi connectivity index (χ1) is 13.2. The first-order valence-corrected chi connectivity index (χ1v) is 10.9. The third-order valence-electron chi connectivity index (χ3n) is 4.26. The Morgan fingerprint density at radius 1 is 0.964 bits per heavy atom. The fourth-order valence-corrected chi connectivity index (χ4v) is 5.31. The number of benzene rings is 2. The van der Waals surface area contributed by atoms with E-state index in [0.29, 0.717) is 13.1 Å². The molecular weight excluding hydrogens is 451 g/mol. The quantitative estimate of drug-likeness (QED) is 0.428. The molecule has 1 aliphatic rings. The van der Waals surface area contributed by atoms with E-state index in [4.69, 9.17) is 39.5 Å². The van der Waals surface area contributed by atoms with Gasteiger partial charge in [0.1, 0.15) is 5.75 Å². The SMILES string of the molecule is O=[N+]([O-])c1ccc(Oc2c(Cl)cc(S(=O)(=O)N3CCCCC3)cc2Cl)c(Cl)c1. The van der Waals surface area contributed by atoms with Gasteiger partial charge in [-0.05, 0) is 31.0 Å². The molecule has 0 spiro atoms. The van der Waals surface area contributed by atoms with Crippen LogP contribution >= 0.6 is 34.8 Å². The van der Waals surface area contributed by atoms with E-state index in [9.17, 15) is 18.5 Å². The van der Waals surface area contributed by atoms with Crippen LogP contribution in [-0.2, 0) is 10.0 Å². The van der Waals surface area contributed by atoms with E-state index in [0.717, 1.165) is 25.3 Å². The van der Waals surface area contributed by atoms with Crippen LogP contribution in [0.5, 0.6) is 11.5 Å². The number of hydrogen-bond acceptors (Lipinski definition) is 5. The zero-order chi connectivity index (χ0) is 20.5. The van der Waals surface area contributed by atoms with Crippen molar-refractivity contribution < 1.29 is 18.1 Å². The Balaban J connectivity index is 1.91. The molecule has 2 aromatic rings. The van der Waals surface area contributed by atoms with Crippen molar-refractivity contribution in [1.82, 2.24) is 4.31 Å². The summed E-state index contributed by atoms with van der Waals surface area (Å²) in [6.07, 6.45) is 2.61. The minimum Gasteiger partial charge on any atom is -0.453 e. The molecular formula is C17H15Cl3N2O5S. The van der Waals surface area contributed by atoms with Gasteiger partial charge in [0, 0.05) is 25.2 Å². The fourth-order valence-electron chi connectivity index (χ4n) is 2.83. The predicted octanol–water partition coefficient (Wildman–Crippen LogP) is 5.52. The molecule has 0 saturated carbocycles.